The zero-order valence-corrected chi connectivity index (χ0v) is 32.6. The van der Waals surface area contributed by atoms with Gasteiger partial charge in [0.2, 0.25) is 0 Å². The predicted molar refractivity (Wildman–Crippen MR) is 210 cm³/mol. The summed E-state index contributed by atoms with van der Waals surface area (Å²) in [5.41, 5.74) is 0. The molecule has 2 heteroatoms. The maximum Gasteiger partial charge on any atom is 0.0784 e. The van der Waals surface area contributed by atoms with E-state index in [0.717, 1.165) is 0 Å². The van der Waals surface area contributed by atoms with Gasteiger partial charge in [0.15, 0.2) is 0 Å². The number of hydrogen-bond acceptors (Lipinski definition) is 0. The van der Waals surface area contributed by atoms with Gasteiger partial charge in [-0.05, 0) is 38.5 Å². The predicted octanol–water partition coefficient (Wildman–Crippen LogP) is 15.2. The molecule has 0 fully saturated rings. The van der Waals surface area contributed by atoms with Gasteiger partial charge < -0.3 is 4.48 Å². The second-order valence-corrected chi connectivity index (χ2v) is 15.5. The van der Waals surface area contributed by atoms with Gasteiger partial charge in [-0.1, -0.05) is 213 Å². The molecule has 0 aliphatic carbocycles. The van der Waals surface area contributed by atoms with E-state index in [1.54, 1.807) is 0 Å². The third-order valence-corrected chi connectivity index (χ3v) is 10.7. The van der Waals surface area contributed by atoms with Crippen molar-refractivity contribution in [1.82, 2.24) is 0 Å². The Kier molecular flexibility index (Phi) is 42.1. The molecule has 0 rings (SSSR count). The summed E-state index contributed by atoms with van der Waals surface area (Å²) in [6.45, 7) is 11.3. The third-order valence-electron chi connectivity index (χ3n) is 10.7. The van der Waals surface area contributed by atoms with Gasteiger partial charge in [0.05, 0.1) is 26.7 Å². The largest absolute Gasteiger partial charge is 0.326 e. The summed E-state index contributed by atoms with van der Waals surface area (Å²) in [6, 6.07) is 0. The average Bonchev–Trinajstić information content (AvgIpc) is 3.02. The second-order valence-electron chi connectivity index (χ2n) is 15.5. The minimum Gasteiger partial charge on any atom is -0.326 e. The Bertz CT molecular complexity index is 437. The molecule has 0 aromatic heterocycles. The smallest absolute Gasteiger partial charge is 0.0784 e. The summed E-state index contributed by atoms with van der Waals surface area (Å²) in [7, 11) is 2.62. The Labute approximate surface area is 290 Å². The van der Waals surface area contributed by atoms with Crippen molar-refractivity contribution in [2.75, 3.05) is 26.7 Å². The molecule has 0 N–H and O–H groups in total. The zero-order chi connectivity index (χ0) is 32.1. The van der Waals surface area contributed by atoms with E-state index in [0.29, 0.717) is 0 Å². The maximum atomic E-state index is 2.62. The van der Waals surface area contributed by atoms with Gasteiger partial charge in [-0.25, -0.2) is 0 Å². The summed E-state index contributed by atoms with van der Waals surface area (Å²) in [5, 5.41) is 0. The first-order valence-corrected chi connectivity index (χ1v) is 21.5. The van der Waals surface area contributed by atoms with Crippen LogP contribution in [0.2, 0.25) is 0 Å². The minimum absolute atomic E-state index is 0. The second kappa shape index (κ2) is 40.2. The molecule has 1 nitrogen and oxygen atoms in total. The summed E-state index contributed by atoms with van der Waals surface area (Å²) < 4.78 is 1.37. The van der Waals surface area contributed by atoms with Gasteiger partial charge in [0.25, 0.3) is 0 Å². The first kappa shape index (κ1) is 47.1. The standard InChI is InChI=1S/C43H90N.B/c1-5-8-11-14-17-20-23-26-29-32-35-38-41-44(4,42-39-36-33-30-27-24-21-18-15-12-9-6-2)43-40-37-34-31-28-25-22-19-16-13-10-7-3;/h5-43H2,1-4H3;/q+1;. The molecule has 269 valence electrons. The highest BCUT2D eigenvalue weighted by Crippen LogP contribution is 2.18. The Morgan fingerprint density at radius 3 is 0.511 bits per heavy atom. The van der Waals surface area contributed by atoms with Crippen LogP contribution in [0.25, 0.3) is 0 Å². The lowest BCUT2D eigenvalue weighted by atomic mass is 10.0. The number of hydrogen-bond donors (Lipinski definition) is 0. The monoisotopic (exact) mass is 632 g/mol. The molecule has 0 saturated heterocycles. The lowest BCUT2D eigenvalue weighted by molar-refractivity contribution is -0.910. The lowest BCUT2D eigenvalue weighted by Gasteiger charge is -2.35. The minimum atomic E-state index is 0. The third kappa shape index (κ3) is 38.4. The SMILES string of the molecule is CCCCCCCCCCCCCC[N+](C)(CCCCCCCCCCCCCC)CCCCCCCCCCCCCC.[B]. The molecular formula is C43H90BN+. The van der Waals surface area contributed by atoms with Crippen molar-refractivity contribution in [3.05, 3.63) is 0 Å². The molecule has 45 heavy (non-hydrogen) atoms. The van der Waals surface area contributed by atoms with Gasteiger partial charge in [-0.15, -0.1) is 0 Å². The quantitative estimate of drug-likeness (QED) is 0.0360. The van der Waals surface area contributed by atoms with Gasteiger partial charge >= 0.3 is 0 Å². The van der Waals surface area contributed by atoms with Crippen LogP contribution in [0.15, 0.2) is 0 Å². The van der Waals surface area contributed by atoms with E-state index in [-0.39, 0.29) is 8.41 Å². The normalized spacial score (nSPS) is 11.7. The van der Waals surface area contributed by atoms with E-state index in [1.807, 2.05) is 0 Å². The number of unbranched alkanes of at least 4 members (excludes halogenated alkanes) is 33. The Morgan fingerprint density at radius 2 is 0.356 bits per heavy atom. The molecule has 0 aliphatic rings. The molecule has 0 spiro atoms. The van der Waals surface area contributed by atoms with Crippen LogP contribution in [0.1, 0.15) is 252 Å². The van der Waals surface area contributed by atoms with E-state index in [2.05, 4.69) is 27.8 Å². The Balaban J connectivity index is 0. The van der Waals surface area contributed by atoms with Crippen LogP contribution in [0.5, 0.6) is 0 Å². The average molecular weight is 632 g/mol. The summed E-state index contributed by atoms with van der Waals surface area (Å²) in [5.74, 6) is 0. The van der Waals surface area contributed by atoms with E-state index in [1.165, 1.54) is 255 Å². The van der Waals surface area contributed by atoms with Gasteiger partial charge in [-0.3, -0.25) is 0 Å². The fourth-order valence-corrected chi connectivity index (χ4v) is 7.34. The molecule has 0 bridgehead atoms. The van der Waals surface area contributed by atoms with Crippen LogP contribution in [-0.4, -0.2) is 39.6 Å². The van der Waals surface area contributed by atoms with Crippen LogP contribution < -0.4 is 0 Å². The van der Waals surface area contributed by atoms with E-state index >= 15 is 0 Å². The van der Waals surface area contributed by atoms with Crippen molar-refractivity contribution in [3.63, 3.8) is 0 Å². The summed E-state index contributed by atoms with van der Waals surface area (Å²) in [4.78, 5) is 0. The van der Waals surface area contributed by atoms with Crippen LogP contribution in [-0.2, 0) is 0 Å². The molecular weight excluding hydrogens is 541 g/mol. The Morgan fingerprint density at radius 1 is 0.222 bits per heavy atom. The molecule has 0 saturated carbocycles. The van der Waals surface area contributed by atoms with Gasteiger partial charge in [0, 0.05) is 8.41 Å². The molecule has 0 unspecified atom stereocenters. The van der Waals surface area contributed by atoms with Crippen molar-refractivity contribution in [1.29, 1.82) is 0 Å². The van der Waals surface area contributed by atoms with Crippen molar-refractivity contribution in [2.45, 2.75) is 252 Å². The van der Waals surface area contributed by atoms with Crippen LogP contribution in [0.3, 0.4) is 0 Å². The molecule has 0 aromatic carbocycles. The molecule has 3 radical (unpaired) electrons. The summed E-state index contributed by atoms with van der Waals surface area (Å²) in [6.07, 6.45) is 52.7. The first-order valence-electron chi connectivity index (χ1n) is 21.5. The number of quaternary nitrogens is 1. The van der Waals surface area contributed by atoms with Crippen LogP contribution >= 0.6 is 0 Å². The van der Waals surface area contributed by atoms with Crippen molar-refractivity contribution in [3.8, 4) is 0 Å². The molecule has 0 aromatic rings. The molecule has 0 amide bonds. The topological polar surface area (TPSA) is 0 Å². The highest BCUT2D eigenvalue weighted by atomic mass is 15.3. The fourth-order valence-electron chi connectivity index (χ4n) is 7.34. The van der Waals surface area contributed by atoms with Crippen molar-refractivity contribution >= 4 is 8.41 Å². The Hall–Kier alpha value is 0.0249. The number of nitrogens with zero attached hydrogens (tertiary/aromatic N) is 1. The first-order chi connectivity index (χ1) is 21.7. The van der Waals surface area contributed by atoms with Crippen molar-refractivity contribution < 1.29 is 4.48 Å². The van der Waals surface area contributed by atoms with Crippen molar-refractivity contribution in [2.24, 2.45) is 0 Å². The van der Waals surface area contributed by atoms with Crippen LogP contribution in [0.4, 0.5) is 0 Å². The lowest BCUT2D eigenvalue weighted by Crippen LogP contribution is -2.46. The fraction of sp³-hybridized carbons (Fsp3) is 1.00. The molecule has 0 heterocycles. The van der Waals surface area contributed by atoms with Gasteiger partial charge in [-0.2, -0.15) is 0 Å². The van der Waals surface area contributed by atoms with E-state index < -0.39 is 0 Å². The van der Waals surface area contributed by atoms with E-state index in [4.69, 9.17) is 0 Å². The molecule has 0 aliphatic heterocycles. The van der Waals surface area contributed by atoms with Gasteiger partial charge in [0.1, 0.15) is 0 Å². The maximum absolute atomic E-state index is 2.62. The highest BCUT2D eigenvalue weighted by molar-refractivity contribution is 5.75. The highest BCUT2D eigenvalue weighted by Gasteiger charge is 2.20. The summed E-state index contributed by atoms with van der Waals surface area (Å²) >= 11 is 0. The zero-order valence-electron chi connectivity index (χ0n) is 32.6. The molecule has 0 atom stereocenters. The van der Waals surface area contributed by atoms with E-state index in [9.17, 15) is 0 Å². The van der Waals surface area contributed by atoms with Crippen LogP contribution in [0, 0.1) is 0 Å². The number of rotatable bonds is 39.